The zero-order chi connectivity index (χ0) is 13.9. The van der Waals surface area contributed by atoms with Crippen molar-refractivity contribution in [1.29, 1.82) is 0 Å². The first-order valence-electron chi connectivity index (χ1n) is 6.74. The second-order valence-electron chi connectivity index (χ2n) is 4.93. The van der Waals surface area contributed by atoms with E-state index >= 15 is 0 Å². The second-order valence-corrected chi connectivity index (χ2v) is 4.93. The molecule has 0 aliphatic carbocycles. The fourth-order valence-corrected chi connectivity index (χ4v) is 2.46. The third kappa shape index (κ3) is 2.60. The van der Waals surface area contributed by atoms with Crippen LogP contribution in [-0.4, -0.2) is 30.4 Å². The number of carboxylic acids is 1. The van der Waals surface area contributed by atoms with Crippen LogP contribution in [0.15, 0.2) is 36.4 Å². The molecule has 1 fully saturated rings. The molecule has 2 aromatic rings. The van der Waals surface area contributed by atoms with Crippen LogP contribution >= 0.6 is 0 Å². The quantitative estimate of drug-likeness (QED) is 0.932. The van der Waals surface area contributed by atoms with E-state index in [0.29, 0.717) is 19.0 Å². The number of rotatable bonds is 3. The Hall–Kier alpha value is -2.07. The smallest absolute Gasteiger partial charge is 0.339 e. The van der Waals surface area contributed by atoms with Crippen LogP contribution in [0.5, 0.6) is 5.75 Å². The summed E-state index contributed by atoms with van der Waals surface area (Å²) in [4.78, 5) is 11.4. The van der Waals surface area contributed by atoms with Gasteiger partial charge < -0.3 is 14.6 Å². The molecule has 1 N–H and O–H groups in total. The lowest BCUT2D eigenvalue weighted by molar-refractivity contribution is 0.0249. The number of hydrogen-bond acceptors (Lipinski definition) is 3. The van der Waals surface area contributed by atoms with E-state index in [2.05, 4.69) is 0 Å². The number of ether oxygens (including phenoxy) is 2. The third-order valence-corrected chi connectivity index (χ3v) is 3.54. The molecule has 1 aliphatic heterocycles. The van der Waals surface area contributed by atoms with Crippen LogP contribution in [0, 0.1) is 0 Å². The molecule has 1 aliphatic rings. The molecule has 0 radical (unpaired) electrons. The summed E-state index contributed by atoms with van der Waals surface area (Å²) in [6, 6.07) is 11.2. The Morgan fingerprint density at radius 1 is 1.15 bits per heavy atom. The van der Waals surface area contributed by atoms with Gasteiger partial charge in [-0.05, 0) is 22.9 Å². The van der Waals surface area contributed by atoms with E-state index in [9.17, 15) is 9.90 Å². The Morgan fingerprint density at radius 2 is 1.80 bits per heavy atom. The molecule has 0 amide bonds. The summed E-state index contributed by atoms with van der Waals surface area (Å²) in [5.74, 6) is -0.513. The molecule has 0 saturated carbocycles. The number of carbonyl (C=O) groups is 1. The monoisotopic (exact) mass is 272 g/mol. The van der Waals surface area contributed by atoms with E-state index in [1.807, 2.05) is 30.3 Å². The predicted molar refractivity (Wildman–Crippen MR) is 75.4 cm³/mol. The lowest BCUT2D eigenvalue weighted by Crippen LogP contribution is -2.26. The van der Waals surface area contributed by atoms with Gasteiger partial charge >= 0.3 is 5.97 Å². The minimum Gasteiger partial charge on any atom is -0.489 e. The van der Waals surface area contributed by atoms with E-state index in [1.165, 1.54) is 0 Å². The molecular weight excluding hydrogens is 256 g/mol. The molecule has 0 aromatic heterocycles. The molecule has 0 unspecified atom stereocenters. The number of carboxylic acid groups (broad SMARTS) is 1. The second kappa shape index (κ2) is 5.51. The van der Waals surface area contributed by atoms with Gasteiger partial charge in [-0.15, -0.1) is 0 Å². The van der Waals surface area contributed by atoms with Crippen molar-refractivity contribution in [3.63, 3.8) is 0 Å². The SMILES string of the molecule is O=C(O)c1cc2ccccc2cc1OC1CCOCC1. The van der Waals surface area contributed by atoms with E-state index in [0.717, 1.165) is 23.6 Å². The Labute approximate surface area is 116 Å². The number of hydrogen-bond donors (Lipinski definition) is 1. The van der Waals surface area contributed by atoms with Crippen LogP contribution in [0.2, 0.25) is 0 Å². The highest BCUT2D eigenvalue weighted by molar-refractivity contribution is 5.97. The fraction of sp³-hybridized carbons (Fsp3) is 0.312. The molecular formula is C16H16O4. The largest absolute Gasteiger partial charge is 0.489 e. The molecule has 4 nitrogen and oxygen atoms in total. The number of benzene rings is 2. The minimum absolute atomic E-state index is 0.0306. The standard InChI is InChI=1S/C16H16O4/c17-16(18)14-9-11-3-1-2-4-12(11)10-15(14)20-13-5-7-19-8-6-13/h1-4,9-10,13H,5-8H2,(H,17,18). The van der Waals surface area contributed by atoms with Gasteiger partial charge in [0.1, 0.15) is 17.4 Å². The molecule has 0 bridgehead atoms. The van der Waals surface area contributed by atoms with Gasteiger partial charge in [0, 0.05) is 12.8 Å². The first-order chi connectivity index (χ1) is 9.74. The van der Waals surface area contributed by atoms with Crippen molar-refractivity contribution < 1.29 is 19.4 Å². The summed E-state index contributed by atoms with van der Waals surface area (Å²) in [6.45, 7) is 1.33. The lowest BCUT2D eigenvalue weighted by atomic mass is 10.1. The maximum absolute atomic E-state index is 11.4. The summed E-state index contributed by atoms with van der Waals surface area (Å²) in [7, 11) is 0. The third-order valence-electron chi connectivity index (χ3n) is 3.54. The van der Waals surface area contributed by atoms with Crippen molar-refractivity contribution >= 4 is 16.7 Å². The predicted octanol–water partition coefficient (Wildman–Crippen LogP) is 3.10. The molecule has 1 saturated heterocycles. The summed E-state index contributed by atoms with van der Waals surface area (Å²) >= 11 is 0. The zero-order valence-corrected chi connectivity index (χ0v) is 11.0. The van der Waals surface area contributed by atoms with Crippen LogP contribution < -0.4 is 4.74 Å². The Bertz CT molecular complexity index is 629. The minimum atomic E-state index is -0.960. The average Bonchev–Trinajstić information content (AvgIpc) is 2.47. The Morgan fingerprint density at radius 3 is 2.45 bits per heavy atom. The van der Waals surface area contributed by atoms with Crippen molar-refractivity contribution in [1.82, 2.24) is 0 Å². The van der Waals surface area contributed by atoms with Crippen molar-refractivity contribution in [2.45, 2.75) is 18.9 Å². The van der Waals surface area contributed by atoms with E-state index in [1.54, 1.807) is 6.07 Å². The van der Waals surface area contributed by atoms with Crippen LogP contribution in [0.4, 0.5) is 0 Å². The summed E-state index contributed by atoms with van der Waals surface area (Å²) in [5.41, 5.74) is 0.218. The van der Waals surface area contributed by atoms with Crippen LogP contribution in [0.25, 0.3) is 10.8 Å². The number of fused-ring (bicyclic) bond motifs is 1. The summed E-state index contributed by atoms with van der Waals surface area (Å²) in [5, 5.41) is 11.2. The van der Waals surface area contributed by atoms with Gasteiger partial charge in [-0.2, -0.15) is 0 Å². The zero-order valence-electron chi connectivity index (χ0n) is 11.0. The van der Waals surface area contributed by atoms with Gasteiger partial charge in [0.2, 0.25) is 0 Å². The first-order valence-corrected chi connectivity index (χ1v) is 6.74. The maximum atomic E-state index is 11.4. The van der Waals surface area contributed by atoms with Gasteiger partial charge in [-0.1, -0.05) is 24.3 Å². The summed E-state index contributed by atoms with van der Waals surface area (Å²) in [6.07, 6.45) is 1.63. The molecule has 2 aromatic carbocycles. The highest BCUT2D eigenvalue weighted by Gasteiger charge is 2.19. The molecule has 4 heteroatoms. The molecule has 104 valence electrons. The average molecular weight is 272 g/mol. The van der Waals surface area contributed by atoms with Crippen molar-refractivity contribution in [3.05, 3.63) is 42.0 Å². The normalized spacial score (nSPS) is 16.2. The van der Waals surface area contributed by atoms with Crippen molar-refractivity contribution in [2.75, 3.05) is 13.2 Å². The lowest BCUT2D eigenvalue weighted by Gasteiger charge is -2.24. The van der Waals surface area contributed by atoms with Crippen LogP contribution in [-0.2, 0) is 4.74 Å². The summed E-state index contributed by atoms with van der Waals surface area (Å²) < 4.78 is 11.2. The van der Waals surface area contributed by atoms with E-state index in [-0.39, 0.29) is 11.7 Å². The maximum Gasteiger partial charge on any atom is 0.339 e. The van der Waals surface area contributed by atoms with Gasteiger partial charge in [0.05, 0.1) is 13.2 Å². The van der Waals surface area contributed by atoms with E-state index in [4.69, 9.17) is 9.47 Å². The van der Waals surface area contributed by atoms with Gasteiger partial charge in [0.25, 0.3) is 0 Å². The van der Waals surface area contributed by atoms with Gasteiger partial charge in [-0.25, -0.2) is 4.79 Å². The van der Waals surface area contributed by atoms with E-state index < -0.39 is 5.97 Å². The van der Waals surface area contributed by atoms with Crippen LogP contribution in [0.3, 0.4) is 0 Å². The molecule has 1 heterocycles. The Balaban J connectivity index is 1.98. The van der Waals surface area contributed by atoms with Gasteiger partial charge in [0.15, 0.2) is 0 Å². The highest BCUT2D eigenvalue weighted by Crippen LogP contribution is 2.28. The fourth-order valence-electron chi connectivity index (χ4n) is 2.46. The first kappa shape index (κ1) is 12.9. The Kier molecular flexibility index (Phi) is 3.56. The highest BCUT2D eigenvalue weighted by atomic mass is 16.5. The molecule has 0 atom stereocenters. The van der Waals surface area contributed by atoms with Crippen molar-refractivity contribution in [3.8, 4) is 5.75 Å². The number of aromatic carboxylic acids is 1. The van der Waals surface area contributed by atoms with Gasteiger partial charge in [-0.3, -0.25) is 0 Å². The molecule has 20 heavy (non-hydrogen) atoms. The molecule has 0 spiro atoms. The molecule has 3 rings (SSSR count). The topological polar surface area (TPSA) is 55.8 Å². The van der Waals surface area contributed by atoms with Crippen LogP contribution in [0.1, 0.15) is 23.2 Å². The van der Waals surface area contributed by atoms with Crippen molar-refractivity contribution in [2.24, 2.45) is 0 Å².